The molecule has 17 heavy (non-hydrogen) atoms. The lowest BCUT2D eigenvalue weighted by atomic mass is 10.1. The third-order valence-corrected chi connectivity index (χ3v) is 2.64. The molecule has 0 aliphatic carbocycles. The molecule has 0 bridgehead atoms. The van der Waals surface area contributed by atoms with Crippen LogP contribution in [0.4, 0.5) is 4.79 Å². The van der Waals surface area contributed by atoms with Crippen LogP contribution >= 0.6 is 0 Å². The normalized spacial score (nSPS) is 41.8. The molecule has 96 valence electrons. The topological polar surface area (TPSA) is 130 Å². The fourth-order valence-corrected chi connectivity index (χ4v) is 1.74. The van der Waals surface area contributed by atoms with Crippen molar-refractivity contribution < 1.29 is 30.0 Å². The predicted molar refractivity (Wildman–Crippen MR) is 51.6 cm³/mol. The van der Waals surface area contributed by atoms with E-state index in [1.807, 2.05) is 5.43 Å². The van der Waals surface area contributed by atoms with Crippen molar-refractivity contribution in [3.8, 4) is 0 Å². The maximum atomic E-state index is 11.4. The third-order valence-electron chi connectivity index (χ3n) is 2.64. The molecule has 2 rings (SSSR count). The summed E-state index contributed by atoms with van der Waals surface area (Å²) in [5.74, 6) is 0. The molecule has 5 N–H and O–H groups in total. The van der Waals surface area contributed by atoms with E-state index < -0.39 is 42.4 Å². The zero-order chi connectivity index (χ0) is 12.6. The number of rotatable bonds is 2. The van der Waals surface area contributed by atoms with Crippen LogP contribution in [0.15, 0.2) is 12.4 Å². The fourth-order valence-electron chi connectivity index (χ4n) is 1.74. The Hall–Kier alpha value is -1.23. The molecule has 0 aromatic rings. The number of hydrogen-bond donors (Lipinski definition) is 5. The number of ether oxygens (including phenoxy) is 1. The Kier molecular flexibility index (Phi) is 3.28. The molecule has 1 saturated heterocycles. The van der Waals surface area contributed by atoms with Crippen molar-refractivity contribution in [2.24, 2.45) is 0 Å². The van der Waals surface area contributed by atoms with Crippen molar-refractivity contribution in [3.05, 3.63) is 17.6 Å². The standard InChI is InChI=1S/C8H13N3O6/c12-3-4-5(13)6(14)7(17-4)10-1-2-11(16)9-8(10)15/h1-2,4-7,11-14H,3H2,(H,9,15). The zero-order valence-electron chi connectivity index (χ0n) is 8.68. The number of aliphatic hydroxyl groups is 3. The summed E-state index contributed by atoms with van der Waals surface area (Å²) in [4.78, 5) is 12.4. The van der Waals surface area contributed by atoms with Crippen LogP contribution < -0.4 is 10.6 Å². The minimum atomic E-state index is -1.35. The zero-order valence-corrected chi connectivity index (χ0v) is 8.68. The molecule has 2 aliphatic heterocycles. The van der Waals surface area contributed by atoms with Gasteiger partial charge in [-0.1, -0.05) is 0 Å². The summed E-state index contributed by atoms with van der Waals surface area (Å²) in [6.07, 6.45) is -2.49. The highest BCUT2D eigenvalue weighted by Crippen LogP contribution is 2.24. The van der Waals surface area contributed by atoms with Crippen LogP contribution in [0.25, 0.3) is 0 Å². The summed E-state index contributed by atoms with van der Waals surface area (Å²) in [6.45, 7) is -0.479. The lowest BCUT2D eigenvalue weighted by molar-refractivity contribution is -0.834. The van der Waals surface area contributed by atoms with E-state index in [-0.39, 0.29) is 0 Å². The highest BCUT2D eigenvalue weighted by Gasteiger charge is 2.47. The first-order valence-electron chi connectivity index (χ1n) is 4.98. The minimum Gasteiger partial charge on any atom is -0.603 e. The van der Waals surface area contributed by atoms with Gasteiger partial charge >= 0.3 is 6.03 Å². The van der Waals surface area contributed by atoms with E-state index in [1.165, 1.54) is 0 Å². The largest absolute Gasteiger partial charge is 0.603 e. The van der Waals surface area contributed by atoms with Crippen LogP contribution in [-0.2, 0) is 4.74 Å². The highest BCUT2D eigenvalue weighted by molar-refractivity contribution is 5.74. The van der Waals surface area contributed by atoms with Gasteiger partial charge in [0.05, 0.1) is 12.8 Å². The molecule has 9 heteroatoms. The van der Waals surface area contributed by atoms with Gasteiger partial charge in [-0.15, -0.1) is 0 Å². The Morgan fingerprint density at radius 3 is 2.76 bits per heavy atom. The Labute approximate surface area is 96.0 Å². The number of quaternary nitrogens is 1. The monoisotopic (exact) mass is 247 g/mol. The van der Waals surface area contributed by atoms with Crippen LogP contribution in [-0.4, -0.2) is 57.4 Å². The first kappa shape index (κ1) is 12.2. The number of amides is 2. The number of urea groups is 1. The third kappa shape index (κ3) is 2.11. The molecular formula is C8H13N3O6. The summed E-state index contributed by atoms with van der Waals surface area (Å²) < 4.78 is 5.13. The summed E-state index contributed by atoms with van der Waals surface area (Å²) in [5, 5.41) is 38.4. The molecule has 0 aromatic heterocycles. The molecule has 2 heterocycles. The van der Waals surface area contributed by atoms with Crippen molar-refractivity contribution >= 4 is 6.03 Å². The smallest absolute Gasteiger partial charge is 0.368 e. The first-order valence-corrected chi connectivity index (χ1v) is 4.98. The molecule has 2 aliphatic rings. The Morgan fingerprint density at radius 2 is 2.24 bits per heavy atom. The molecule has 0 saturated carbocycles. The van der Waals surface area contributed by atoms with Gasteiger partial charge in [0.1, 0.15) is 24.5 Å². The average molecular weight is 247 g/mol. The fraction of sp³-hybridized carbons (Fsp3) is 0.625. The number of hydrogen-bond acceptors (Lipinski definition) is 6. The molecule has 2 amide bonds. The molecule has 5 unspecified atom stereocenters. The van der Waals surface area contributed by atoms with Crippen molar-refractivity contribution in [1.82, 2.24) is 10.3 Å². The van der Waals surface area contributed by atoms with Crippen LogP contribution in [0.3, 0.4) is 0 Å². The molecule has 5 atom stereocenters. The number of aliphatic hydroxyl groups excluding tert-OH is 3. The summed E-state index contributed by atoms with van der Waals surface area (Å²) >= 11 is 0. The van der Waals surface area contributed by atoms with E-state index in [0.29, 0.717) is 0 Å². The van der Waals surface area contributed by atoms with E-state index >= 15 is 0 Å². The summed E-state index contributed by atoms with van der Waals surface area (Å²) in [7, 11) is 0. The van der Waals surface area contributed by atoms with E-state index in [9.17, 15) is 20.2 Å². The second kappa shape index (κ2) is 4.56. The van der Waals surface area contributed by atoms with Gasteiger partial charge in [0.15, 0.2) is 6.23 Å². The number of nitrogens with zero attached hydrogens (tertiary/aromatic N) is 1. The second-order valence-corrected chi connectivity index (χ2v) is 3.75. The lowest BCUT2D eigenvalue weighted by Crippen LogP contribution is -3.12. The lowest BCUT2D eigenvalue weighted by Gasteiger charge is -2.32. The molecular weight excluding hydrogens is 234 g/mol. The van der Waals surface area contributed by atoms with Crippen LogP contribution in [0.5, 0.6) is 0 Å². The van der Waals surface area contributed by atoms with Gasteiger partial charge in [-0.25, -0.2) is 9.97 Å². The molecule has 9 nitrogen and oxygen atoms in total. The molecule has 0 aromatic carbocycles. The molecule has 1 fully saturated rings. The predicted octanol–water partition coefficient (Wildman–Crippen LogP) is -3.78. The van der Waals surface area contributed by atoms with E-state index in [1.54, 1.807) is 0 Å². The van der Waals surface area contributed by atoms with E-state index in [2.05, 4.69) is 0 Å². The van der Waals surface area contributed by atoms with Crippen molar-refractivity contribution in [2.75, 3.05) is 6.61 Å². The van der Waals surface area contributed by atoms with Crippen molar-refractivity contribution in [1.29, 1.82) is 0 Å². The van der Waals surface area contributed by atoms with Gasteiger partial charge in [0.2, 0.25) is 0 Å². The SMILES string of the molecule is O=C1N[NH+]([O-])C=CN1C1OC(CO)C(O)C1O. The number of nitrogens with one attached hydrogen (secondary N) is 2. The minimum absolute atomic E-state index is 0.479. The number of carbonyl (C=O) groups is 1. The Morgan fingerprint density at radius 1 is 1.53 bits per heavy atom. The second-order valence-electron chi connectivity index (χ2n) is 3.75. The van der Waals surface area contributed by atoms with Crippen LogP contribution in [0, 0.1) is 5.21 Å². The Balaban J connectivity index is 2.13. The summed E-state index contributed by atoms with van der Waals surface area (Å²) in [6, 6.07) is -0.757. The molecule has 0 spiro atoms. The van der Waals surface area contributed by atoms with Crippen molar-refractivity contribution in [3.63, 3.8) is 0 Å². The average Bonchev–Trinajstić information content (AvgIpc) is 2.57. The van der Waals surface area contributed by atoms with Crippen molar-refractivity contribution in [2.45, 2.75) is 24.5 Å². The first-order chi connectivity index (χ1) is 8.04. The van der Waals surface area contributed by atoms with Crippen LogP contribution in [0.2, 0.25) is 0 Å². The number of carbonyl (C=O) groups excluding carboxylic acids is 1. The van der Waals surface area contributed by atoms with Gasteiger partial charge in [0.25, 0.3) is 0 Å². The van der Waals surface area contributed by atoms with Gasteiger partial charge in [-0.3, -0.25) is 4.90 Å². The number of hydroxylamine groups is 1. The van der Waals surface area contributed by atoms with E-state index in [0.717, 1.165) is 17.3 Å². The van der Waals surface area contributed by atoms with Gasteiger partial charge in [-0.05, 0) is 0 Å². The molecule has 0 radical (unpaired) electrons. The highest BCUT2D eigenvalue weighted by atomic mass is 16.6. The Bertz CT molecular complexity index is 337. The maximum Gasteiger partial charge on any atom is 0.368 e. The van der Waals surface area contributed by atoms with Gasteiger partial charge < -0.3 is 25.3 Å². The maximum absolute atomic E-state index is 11.4. The quantitative estimate of drug-likeness (QED) is 0.318. The van der Waals surface area contributed by atoms with Gasteiger partial charge in [-0.2, -0.15) is 5.43 Å². The van der Waals surface area contributed by atoms with E-state index in [4.69, 9.17) is 9.84 Å². The van der Waals surface area contributed by atoms with Gasteiger partial charge in [0, 0.05) is 0 Å². The summed E-state index contributed by atoms with van der Waals surface area (Å²) in [5.41, 5.74) is 2.00. The van der Waals surface area contributed by atoms with Crippen LogP contribution in [0.1, 0.15) is 0 Å².